The van der Waals surface area contributed by atoms with Gasteiger partial charge in [-0.25, -0.2) is 4.68 Å². The van der Waals surface area contributed by atoms with E-state index in [1.54, 1.807) is 12.1 Å². The van der Waals surface area contributed by atoms with E-state index in [-0.39, 0.29) is 24.2 Å². The Balaban J connectivity index is 0.857. The summed E-state index contributed by atoms with van der Waals surface area (Å²) in [6, 6.07) is 13.9. The van der Waals surface area contributed by atoms with Gasteiger partial charge in [-0.3, -0.25) is 4.79 Å². The molecule has 0 spiro atoms. The number of unbranched alkanes of at least 4 members (excludes halogenated alkanes) is 5. The lowest BCUT2D eigenvalue weighted by atomic mass is 9.99. The fraction of sp³-hybridized carbons (Fsp3) is 0.675. The van der Waals surface area contributed by atoms with E-state index in [0.29, 0.717) is 25.0 Å². The highest BCUT2D eigenvalue weighted by Gasteiger charge is 2.27. The number of ether oxygens (including phenoxy) is 4. The Bertz CT molecular complexity index is 1350. The van der Waals surface area contributed by atoms with Crippen LogP contribution >= 0.6 is 0 Å². The molecule has 0 unspecified atom stereocenters. The molecule has 1 amide bonds. The fourth-order valence-electron chi connectivity index (χ4n) is 6.96. The highest BCUT2D eigenvalue weighted by molar-refractivity contribution is 5.91. The Morgan fingerprint density at radius 1 is 0.800 bits per heavy atom. The maximum Gasteiger partial charge on any atom is 0.286 e. The van der Waals surface area contributed by atoms with Crippen molar-refractivity contribution < 1.29 is 28.2 Å². The first-order valence-corrected chi connectivity index (χ1v) is 19.4. The van der Waals surface area contributed by atoms with E-state index < -0.39 is 0 Å². The van der Waals surface area contributed by atoms with Crippen LogP contribution in [0.2, 0.25) is 0 Å². The smallest absolute Gasteiger partial charge is 0.286 e. The third-order valence-electron chi connectivity index (χ3n) is 9.77. The zero-order valence-corrected chi connectivity index (χ0v) is 30.3. The van der Waals surface area contributed by atoms with Crippen LogP contribution < -0.4 is 5.32 Å². The summed E-state index contributed by atoms with van der Waals surface area (Å²) in [6.45, 7) is 6.35. The second kappa shape index (κ2) is 22.0. The molecule has 4 heterocycles. The minimum Gasteiger partial charge on any atom is -0.456 e. The number of amides is 1. The van der Waals surface area contributed by atoms with Gasteiger partial charge in [0, 0.05) is 26.4 Å². The van der Waals surface area contributed by atoms with Gasteiger partial charge in [0.25, 0.3) is 5.91 Å². The minimum absolute atomic E-state index is 0.0380. The van der Waals surface area contributed by atoms with Crippen molar-refractivity contribution in [2.45, 2.75) is 147 Å². The molecule has 10 nitrogen and oxygen atoms in total. The average molecular weight is 693 g/mol. The van der Waals surface area contributed by atoms with Crippen LogP contribution in [0, 0.1) is 6.92 Å². The van der Waals surface area contributed by atoms with Crippen LogP contribution in [-0.2, 0) is 32.1 Å². The van der Waals surface area contributed by atoms with Crippen molar-refractivity contribution >= 4 is 5.91 Å². The number of carbonyl (C=O) groups excluding carboxylic acids is 1. The maximum atomic E-state index is 12.0. The van der Waals surface area contributed by atoms with Crippen molar-refractivity contribution in [2.75, 3.05) is 26.4 Å². The summed E-state index contributed by atoms with van der Waals surface area (Å²) in [5, 5.41) is 11.9. The second-order valence-corrected chi connectivity index (χ2v) is 14.1. The van der Waals surface area contributed by atoms with Gasteiger partial charge in [0.15, 0.2) is 5.76 Å². The summed E-state index contributed by atoms with van der Waals surface area (Å²) in [4.78, 5) is 12.0. The van der Waals surface area contributed by atoms with Crippen molar-refractivity contribution in [3.63, 3.8) is 0 Å². The van der Waals surface area contributed by atoms with Gasteiger partial charge in [-0.1, -0.05) is 48.4 Å². The Morgan fingerprint density at radius 2 is 1.50 bits per heavy atom. The molecule has 2 fully saturated rings. The van der Waals surface area contributed by atoms with E-state index in [4.69, 9.17) is 23.4 Å². The molecule has 10 heteroatoms. The number of rotatable bonds is 23. The highest BCUT2D eigenvalue weighted by atomic mass is 16.5. The van der Waals surface area contributed by atoms with E-state index >= 15 is 0 Å². The summed E-state index contributed by atoms with van der Waals surface area (Å²) in [5.74, 6) is 0.999. The summed E-state index contributed by atoms with van der Waals surface area (Å²) < 4.78 is 32.0. The third-order valence-corrected chi connectivity index (χ3v) is 9.77. The van der Waals surface area contributed by atoms with Crippen molar-refractivity contribution in [1.82, 2.24) is 20.3 Å². The molecule has 1 N–H and O–H groups in total. The van der Waals surface area contributed by atoms with Crippen molar-refractivity contribution in [1.29, 1.82) is 0 Å². The number of hydrogen-bond donors (Lipinski definition) is 1. The predicted molar refractivity (Wildman–Crippen MR) is 193 cm³/mol. The number of aryl methyl sites for hydroxylation is 1. The number of aromatic nitrogens is 3. The van der Waals surface area contributed by atoms with E-state index in [0.717, 1.165) is 128 Å². The monoisotopic (exact) mass is 692 g/mol. The zero-order chi connectivity index (χ0) is 34.6. The Morgan fingerprint density at radius 3 is 2.28 bits per heavy atom. The van der Waals surface area contributed by atoms with Gasteiger partial charge in [0.2, 0.25) is 0 Å². The summed E-state index contributed by atoms with van der Waals surface area (Å²) in [7, 11) is 0. The molecule has 0 radical (unpaired) electrons. The molecule has 2 aliphatic rings. The predicted octanol–water partition coefficient (Wildman–Crippen LogP) is 8.29. The Hall–Kier alpha value is -3.05. The molecule has 5 rings (SSSR count). The number of nitrogens with one attached hydrogen (secondary N) is 1. The van der Waals surface area contributed by atoms with Crippen LogP contribution in [-0.4, -0.2) is 65.6 Å². The second-order valence-electron chi connectivity index (χ2n) is 14.1. The standard InChI is InChI=1S/C40H60N4O6/c1-32-23-24-39(48-32)40(45)41-25-9-2-3-10-26-46-27-11-7-17-34-19-13-21-36(49-34)29-44-30-37(42-43-44)38-22-14-20-35(50-38)18-8-12-28-47-31-33-15-5-4-6-16-33/h4-6,15-16,23-24,30,34-36,38H,2-3,7-14,17-22,25-29,31H2,1H3,(H,41,45)/t34-,35-,36-,38-/m0/s1. The third kappa shape index (κ3) is 13.9. The minimum atomic E-state index is -0.137. The van der Waals surface area contributed by atoms with Gasteiger partial charge in [-0.15, -0.1) is 5.10 Å². The molecule has 50 heavy (non-hydrogen) atoms. The summed E-state index contributed by atoms with van der Waals surface area (Å²) in [6.07, 6.45) is 20.4. The first-order chi connectivity index (χ1) is 24.6. The van der Waals surface area contributed by atoms with Gasteiger partial charge >= 0.3 is 0 Å². The van der Waals surface area contributed by atoms with Crippen molar-refractivity contribution in [3.8, 4) is 0 Å². The molecule has 2 aromatic heterocycles. The summed E-state index contributed by atoms with van der Waals surface area (Å²) in [5.41, 5.74) is 2.18. The maximum absolute atomic E-state index is 12.0. The van der Waals surface area contributed by atoms with Gasteiger partial charge in [0.1, 0.15) is 17.6 Å². The fourth-order valence-corrected chi connectivity index (χ4v) is 6.96. The first-order valence-electron chi connectivity index (χ1n) is 19.4. The lowest BCUT2D eigenvalue weighted by Crippen LogP contribution is -2.31. The van der Waals surface area contributed by atoms with E-state index in [1.165, 1.54) is 18.4 Å². The lowest BCUT2D eigenvalue weighted by molar-refractivity contribution is -0.0630. The molecule has 0 aliphatic carbocycles. The molecular formula is C40H60N4O6. The van der Waals surface area contributed by atoms with Crippen molar-refractivity contribution in [3.05, 3.63) is 71.4 Å². The Kier molecular flexibility index (Phi) is 16.8. The van der Waals surface area contributed by atoms with Gasteiger partial charge in [0.05, 0.1) is 37.7 Å². The van der Waals surface area contributed by atoms with Gasteiger partial charge < -0.3 is 28.7 Å². The van der Waals surface area contributed by atoms with E-state index in [9.17, 15) is 4.79 Å². The number of benzene rings is 1. The Labute approximate surface area is 299 Å². The molecule has 1 aromatic carbocycles. The number of hydrogen-bond acceptors (Lipinski definition) is 8. The topological polar surface area (TPSA) is 110 Å². The molecule has 2 aliphatic heterocycles. The molecule has 2 saturated heterocycles. The van der Waals surface area contributed by atoms with Crippen LogP contribution in [0.25, 0.3) is 0 Å². The lowest BCUT2D eigenvalue weighted by Gasteiger charge is -2.30. The average Bonchev–Trinajstić information content (AvgIpc) is 3.80. The van der Waals surface area contributed by atoms with Crippen LogP contribution in [0.5, 0.6) is 0 Å². The normalized spacial score (nSPS) is 21.0. The summed E-state index contributed by atoms with van der Waals surface area (Å²) >= 11 is 0. The van der Waals surface area contributed by atoms with Crippen LogP contribution in [0.3, 0.4) is 0 Å². The van der Waals surface area contributed by atoms with Crippen LogP contribution in [0.15, 0.2) is 53.1 Å². The SMILES string of the molecule is Cc1ccc(C(=O)NCCCCCCOCCCC[C@H]2CCC[C@@H](Cn3cc([C@@H]4CCC[C@H](CCCCOCc5ccccc5)O4)nn3)O2)o1. The van der Waals surface area contributed by atoms with E-state index in [2.05, 4.69) is 46.1 Å². The highest BCUT2D eigenvalue weighted by Crippen LogP contribution is 2.32. The van der Waals surface area contributed by atoms with Crippen molar-refractivity contribution in [2.24, 2.45) is 0 Å². The molecule has 276 valence electrons. The molecule has 3 aromatic rings. The first kappa shape index (κ1) is 38.2. The zero-order valence-electron chi connectivity index (χ0n) is 30.3. The van der Waals surface area contributed by atoms with Crippen LogP contribution in [0.1, 0.15) is 136 Å². The number of carbonyl (C=O) groups is 1. The van der Waals surface area contributed by atoms with E-state index in [1.807, 2.05) is 17.7 Å². The molecule has 4 atom stereocenters. The number of furan rings is 1. The van der Waals surface area contributed by atoms with Gasteiger partial charge in [-0.2, -0.15) is 0 Å². The molecular weight excluding hydrogens is 632 g/mol. The number of nitrogens with zero attached hydrogens (tertiary/aromatic N) is 3. The van der Waals surface area contributed by atoms with Crippen LogP contribution in [0.4, 0.5) is 0 Å². The molecule has 0 saturated carbocycles. The quantitative estimate of drug-likeness (QED) is 0.0989. The molecule has 0 bridgehead atoms. The van der Waals surface area contributed by atoms with Gasteiger partial charge in [-0.05, 0) is 115 Å². The largest absolute Gasteiger partial charge is 0.456 e.